The fraction of sp³-hybridized carbons (Fsp3) is 0.200. The Kier molecular flexibility index (Phi) is 4.12. The summed E-state index contributed by atoms with van der Waals surface area (Å²) in [6.45, 7) is 2.16. The molecule has 0 saturated heterocycles. The quantitative estimate of drug-likeness (QED) is 0.918. The van der Waals surface area contributed by atoms with E-state index in [1.807, 2.05) is 31.2 Å². The molecule has 0 spiro atoms. The number of hydrogen-bond donors (Lipinski definition) is 1. The van der Waals surface area contributed by atoms with Gasteiger partial charge in [0.1, 0.15) is 12.4 Å². The van der Waals surface area contributed by atoms with Crippen molar-refractivity contribution in [2.45, 2.75) is 13.0 Å². The first-order valence-corrected chi connectivity index (χ1v) is 5.96. The molecule has 2 aromatic carbocycles. The first-order chi connectivity index (χ1) is 9.06. The van der Waals surface area contributed by atoms with Gasteiger partial charge >= 0.3 is 0 Å². The van der Waals surface area contributed by atoms with Gasteiger partial charge in [-0.05, 0) is 42.3 Å². The Morgan fingerprint density at radius 1 is 1.11 bits per heavy atom. The summed E-state index contributed by atoms with van der Waals surface area (Å²) in [6, 6.07) is 10.7. The van der Waals surface area contributed by atoms with E-state index >= 15 is 0 Å². The van der Waals surface area contributed by atoms with E-state index in [-0.39, 0.29) is 6.61 Å². The minimum Gasteiger partial charge on any atom is -0.492 e. The standard InChI is InChI=1S/C15H15F2NO/c1-10-3-2-4-12(7-10)19-9-15(18)11-5-6-13(16)14(17)8-11/h2-8,15H,9,18H2,1H3. The van der Waals surface area contributed by atoms with Crippen LogP contribution in [0.1, 0.15) is 17.2 Å². The van der Waals surface area contributed by atoms with Gasteiger partial charge in [0.25, 0.3) is 0 Å². The molecule has 0 amide bonds. The van der Waals surface area contributed by atoms with Gasteiger partial charge in [0.2, 0.25) is 0 Å². The third-order valence-electron chi connectivity index (χ3n) is 2.79. The number of hydrogen-bond acceptors (Lipinski definition) is 2. The molecule has 0 fully saturated rings. The molecule has 2 aromatic rings. The number of benzene rings is 2. The lowest BCUT2D eigenvalue weighted by atomic mass is 10.1. The van der Waals surface area contributed by atoms with E-state index in [0.29, 0.717) is 11.3 Å². The van der Waals surface area contributed by atoms with Gasteiger partial charge in [0.15, 0.2) is 11.6 Å². The molecule has 0 saturated carbocycles. The van der Waals surface area contributed by atoms with Crippen LogP contribution in [0.5, 0.6) is 5.75 Å². The van der Waals surface area contributed by atoms with E-state index in [4.69, 9.17) is 10.5 Å². The Hall–Kier alpha value is -1.94. The normalized spacial score (nSPS) is 12.2. The maximum atomic E-state index is 13.1. The SMILES string of the molecule is Cc1cccc(OCC(N)c2ccc(F)c(F)c2)c1. The van der Waals surface area contributed by atoms with Crippen molar-refractivity contribution >= 4 is 0 Å². The van der Waals surface area contributed by atoms with E-state index in [2.05, 4.69) is 0 Å². The first kappa shape index (κ1) is 13.5. The molecule has 2 N–H and O–H groups in total. The van der Waals surface area contributed by atoms with Crippen LogP contribution < -0.4 is 10.5 Å². The Labute approximate surface area is 110 Å². The zero-order chi connectivity index (χ0) is 13.8. The smallest absolute Gasteiger partial charge is 0.159 e. The van der Waals surface area contributed by atoms with Crippen LogP contribution in [0.4, 0.5) is 8.78 Å². The third kappa shape index (κ3) is 3.51. The van der Waals surface area contributed by atoms with Crippen LogP contribution in [0.2, 0.25) is 0 Å². The molecule has 0 radical (unpaired) electrons. The predicted octanol–water partition coefficient (Wildman–Crippen LogP) is 3.35. The average Bonchev–Trinajstić information content (AvgIpc) is 2.39. The van der Waals surface area contributed by atoms with Gasteiger partial charge in [-0.2, -0.15) is 0 Å². The van der Waals surface area contributed by atoms with Crippen molar-refractivity contribution in [2.24, 2.45) is 5.73 Å². The van der Waals surface area contributed by atoms with Crippen LogP contribution in [0.3, 0.4) is 0 Å². The van der Waals surface area contributed by atoms with Crippen molar-refractivity contribution < 1.29 is 13.5 Å². The lowest BCUT2D eigenvalue weighted by Crippen LogP contribution is -2.19. The largest absolute Gasteiger partial charge is 0.492 e. The molecule has 2 nitrogen and oxygen atoms in total. The van der Waals surface area contributed by atoms with Crippen LogP contribution in [0.15, 0.2) is 42.5 Å². The average molecular weight is 263 g/mol. The summed E-state index contributed by atoms with van der Waals surface area (Å²) < 4.78 is 31.4. The number of halogens is 2. The molecule has 1 atom stereocenters. The molecule has 0 aromatic heterocycles. The second kappa shape index (κ2) is 5.80. The van der Waals surface area contributed by atoms with E-state index in [0.717, 1.165) is 17.7 Å². The van der Waals surface area contributed by atoms with Crippen molar-refractivity contribution in [3.05, 3.63) is 65.2 Å². The lowest BCUT2D eigenvalue weighted by molar-refractivity contribution is 0.290. The molecule has 4 heteroatoms. The zero-order valence-electron chi connectivity index (χ0n) is 10.6. The van der Waals surface area contributed by atoms with Crippen molar-refractivity contribution in [3.8, 4) is 5.75 Å². The van der Waals surface area contributed by atoms with Crippen LogP contribution in [-0.2, 0) is 0 Å². The maximum Gasteiger partial charge on any atom is 0.159 e. The van der Waals surface area contributed by atoms with Crippen LogP contribution in [0.25, 0.3) is 0 Å². The van der Waals surface area contributed by atoms with Crippen LogP contribution >= 0.6 is 0 Å². The molecule has 0 heterocycles. The highest BCUT2D eigenvalue weighted by Gasteiger charge is 2.10. The lowest BCUT2D eigenvalue weighted by Gasteiger charge is -2.14. The van der Waals surface area contributed by atoms with E-state index in [9.17, 15) is 8.78 Å². The van der Waals surface area contributed by atoms with Crippen LogP contribution in [0, 0.1) is 18.6 Å². The maximum absolute atomic E-state index is 13.1. The summed E-state index contributed by atoms with van der Waals surface area (Å²) in [5.74, 6) is -1.07. The summed E-state index contributed by atoms with van der Waals surface area (Å²) in [5.41, 5.74) is 7.47. The first-order valence-electron chi connectivity index (χ1n) is 5.96. The minimum absolute atomic E-state index is 0.203. The Bertz CT molecular complexity index is 572. The summed E-state index contributed by atoms with van der Waals surface area (Å²) >= 11 is 0. The van der Waals surface area contributed by atoms with E-state index in [1.165, 1.54) is 6.07 Å². The van der Waals surface area contributed by atoms with Crippen LogP contribution in [-0.4, -0.2) is 6.61 Å². The highest BCUT2D eigenvalue weighted by Crippen LogP contribution is 2.17. The Morgan fingerprint density at radius 2 is 1.89 bits per heavy atom. The van der Waals surface area contributed by atoms with Gasteiger partial charge in [0, 0.05) is 0 Å². The third-order valence-corrected chi connectivity index (χ3v) is 2.79. The molecule has 1 unspecified atom stereocenters. The zero-order valence-corrected chi connectivity index (χ0v) is 10.6. The molecule has 19 heavy (non-hydrogen) atoms. The van der Waals surface area contributed by atoms with Gasteiger partial charge in [-0.15, -0.1) is 0 Å². The minimum atomic E-state index is -0.900. The molecule has 0 bridgehead atoms. The highest BCUT2D eigenvalue weighted by atomic mass is 19.2. The number of rotatable bonds is 4. The highest BCUT2D eigenvalue weighted by molar-refractivity contribution is 5.28. The van der Waals surface area contributed by atoms with Gasteiger partial charge in [0.05, 0.1) is 6.04 Å². The van der Waals surface area contributed by atoms with Crippen molar-refractivity contribution in [1.82, 2.24) is 0 Å². The monoisotopic (exact) mass is 263 g/mol. The van der Waals surface area contributed by atoms with E-state index < -0.39 is 17.7 Å². The van der Waals surface area contributed by atoms with Crippen molar-refractivity contribution in [3.63, 3.8) is 0 Å². The molecule has 0 aliphatic heterocycles. The molecule has 0 aliphatic rings. The summed E-state index contributed by atoms with van der Waals surface area (Å²) in [4.78, 5) is 0. The topological polar surface area (TPSA) is 35.2 Å². The fourth-order valence-electron chi connectivity index (χ4n) is 1.73. The molecule has 2 rings (SSSR count). The van der Waals surface area contributed by atoms with Gasteiger partial charge in [-0.3, -0.25) is 0 Å². The summed E-state index contributed by atoms with van der Waals surface area (Å²) in [7, 11) is 0. The number of aryl methyl sites for hydroxylation is 1. The molecule has 100 valence electrons. The summed E-state index contributed by atoms with van der Waals surface area (Å²) in [6.07, 6.45) is 0. The molecular formula is C15H15F2NO. The fourth-order valence-corrected chi connectivity index (χ4v) is 1.73. The van der Waals surface area contributed by atoms with Gasteiger partial charge in [-0.25, -0.2) is 8.78 Å². The summed E-state index contributed by atoms with van der Waals surface area (Å²) in [5, 5.41) is 0. The second-order valence-electron chi connectivity index (χ2n) is 4.41. The van der Waals surface area contributed by atoms with Crippen molar-refractivity contribution in [1.29, 1.82) is 0 Å². The molecule has 0 aliphatic carbocycles. The van der Waals surface area contributed by atoms with Gasteiger partial charge < -0.3 is 10.5 Å². The van der Waals surface area contributed by atoms with Crippen molar-refractivity contribution in [2.75, 3.05) is 6.61 Å². The van der Waals surface area contributed by atoms with Gasteiger partial charge in [-0.1, -0.05) is 18.2 Å². The van der Waals surface area contributed by atoms with E-state index in [1.54, 1.807) is 0 Å². The predicted molar refractivity (Wildman–Crippen MR) is 70.0 cm³/mol. The number of ether oxygens (including phenoxy) is 1. The number of nitrogens with two attached hydrogens (primary N) is 1. The second-order valence-corrected chi connectivity index (χ2v) is 4.41. The Balaban J connectivity index is 2.01. The molecular weight excluding hydrogens is 248 g/mol. The Morgan fingerprint density at radius 3 is 2.58 bits per heavy atom.